The van der Waals surface area contributed by atoms with Crippen molar-refractivity contribution in [3.05, 3.63) is 63.9 Å². The Morgan fingerprint density at radius 3 is 2.66 bits per heavy atom. The Kier molecular flexibility index (Phi) is 5.51. The highest BCUT2D eigenvalue weighted by molar-refractivity contribution is 9.10. The summed E-state index contributed by atoms with van der Waals surface area (Å²) in [5.41, 5.74) is 6.22. The second-order valence-corrected chi connectivity index (χ2v) is 8.72. The summed E-state index contributed by atoms with van der Waals surface area (Å²) in [5.74, 6) is 1.40. The molecule has 1 aromatic heterocycles. The molecule has 2 heterocycles. The molecule has 0 saturated heterocycles. The maximum Gasteiger partial charge on any atom is 0.240 e. The minimum Gasteiger partial charge on any atom is -0.497 e. The van der Waals surface area contributed by atoms with Crippen molar-refractivity contribution in [2.24, 2.45) is 0 Å². The van der Waals surface area contributed by atoms with Crippen LogP contribution >= 0.6 is 27.7 Å². The Morgan fingerprint density at radius 1 is 1.21 bits per heavy atom. The van der Waals surface area contributed by atoms with Gasteiger partial charge >= 0.3 is 0 Å². The number of hydrogen-bond donors (Lipinski definition) is 2. The lowest BCUT2D eigenvalue weighted by atomic mass is 10.0. The molecule has 1 amide bonds. The molecule has 0 radical (unpaired) electrons. The molecule has 2 aromatic carbocycles. The molecule has 0 saturated carbocycles. The Hall–Kier alpha value is -2.52. The van der Waals surface area contributed by atoms with Crippen LogP contribution in [0.25, 0.3) is 0 Å². The number of ether oxygens (including phenoxy) is 1. The van der Waals surface area contributed by atoms with E-state index in [1.54, 1.807) is 7.11 Å². The fraction of sp³-hybridized carbons (Fsp3) is 0.250. The average molecular weight is 474 g/mol. The Morgan fingerprint density at radius 2 is 1.97 bits per heavy atom. The Labute approximate surface area is 181 Å². The van der Waals surface area contributed by atoms with Crippen molar-refractivity contribution in [3.63, 3.8) is 0 Å². The van der Waals surface area contributed by atoms with Gasteiger partial charge in [-0.1, -0.05) is 30.0 Å². The molecule has 150 valence electrons. The molecule has 2 atom stereocenters. The topological polar surface area (TPSA) is 81.1 Å². The maximum absolute atomic E-state index is 13.3. The molecule has 0 aliphatic carbocycles. The molecule has 2 N–H and O–H groups in total. The van der Waals surface area contributed by atoms with Crippen LogP contribution in [0, 0.1) is 13.8 Å². The third-order valence-corrected chi connectivity index (χ3v) is 6.59. The second kappa shape index (κ2) is 8.08. The molecule has 0 fully saturated rings. The number of nitrogens with zero attached hydrogens (tertiary/aromatic N) is 3. The van der Waals surface area contributed by atoms with Crippen molar-refractivity contribution in [1.82, 2.24) is 14.9 Å². The predicted molar refractivity (Wildman–Crippen MR) is 117 cm³/mol. The van der Waals surface area contributed by atoms with Crippen molar-refractivity contribution < 1.29 is 9.53 Å². The number of hydrogen-bond acceptors (Lipinski definition) is 6. The zero-order valence-electron chi connectivity index (χ0n) is 16.1. The zero-order chi connectivity index (χ0) is 20.5. The smallest absolute Gasteiger partial charge is 0.240 e. The van der Waals surface area contributed by atoms with E-state index in [2.05, 4.69) is 36.9 Å². The lowest BCUT2D eigenvalue weighted by Gasteiger charge is -2.32. The van der Waals surface area contributed by atoms with E-state index in [9.17, 15) is 4.79 Å². The van der Waals surface area contributed by atoms with Crippen LogP contribution in [0.1, 0.15) is 23.0 Å². The number of thioether (sulfide) groups is 1. The van der Waals surface area contributed by atoms with Crippen LogP contribution < -0.4 is 15.5 Å². The number of fused-ring (bicyclic) bond motifs is 1. The standard InChI is InChI=1S/C20H20BrN5O2S/c1-11-4-9-16(15(21)10-11)22-19(27)18-17(13-5-7-14(28-3)8-6-13)25-26-12(2)23-24-20(26)29-18/h4-10,17-18,25H,1-3H3,(H,22,27)/t17-,18-/m0/s1. The fourth-order valence-corrected chi connectivity index (χ4v) is 4.86. The third-order valence-electron chi connectivity index (χ3n) is 4.71. The van der Waals surface area contributed by atoms with Gasteiger partial charge in [0, 0.05) is 4.47 Å². The fourth-order valence-electron chi connectivity index (χ4n) is 3.15. The van der Waals surface area contributed by atoms with E-state index < -0.39 is 5.25 Å². The molecule has 7 nitrogen and oxygen atoms in total. The highest BCUT2D eigenvalue weighted by atomic mass is 79.9. The first-order chi connectivity index (χ1) is 14.0. The van der Waals surface area contributed by atoms with E-state index in [1.807, 2.05) is 61.0 Å². The van der Waals surface area contributed by atoms with Crippen LogP contribution in [0.2, 0.25) is 0 Å². The van der Waals surface area contributed by atoms with Crippen molar-refractivity contribution in [2.45, 2.75) is 30.3 Å². The SMILES string of the molecule is COc1ccc([C@@H]2Nn3c(C)nnc3S[C@@H]2C(=O)Nc2ccc(C)cc2Br)cc1. The Bertz CT molecular complexity index is 1050. The third kappa shape index (κ3) is 3.97. The largest absolute Gasteiger partial charge is 0.497 e. The summed E-state index contributed by atoms with van der Waals surface area (Å²) in [4.78, 5) is 13.3. The number of carbonyl (C=O) groups is 1. The van der Waals surface area contributed by atoms with Gasteiger partial charge < -0.3 is 15.5 Å². The molecule has 29 heavy (non-hydrogen) atoms. The van der Waals surface area contributed by atoms with Gasteiger partial charge in [0.05, 0.1) is 18.8 Å². The molecular weight excluding hydrogens is 454 g/mol. The van der Waals surface area contributed by atoms with Crippen molar-refractivity contribution in [2.75, 3.05) is 17.9 Å². The van der Waals surface area contributed by atoms with E-state index in [0.717, 1.165) is 32.9 Å². The molecule has 3 aromatic rings. The minimum absolute atomic E-state index is 0.111. The van der Waals surface area contributed by atoms with Gasteiger partial charge in [-0.2, -0.15) is 0 Å². The van der Waals surface area contributed by atoms with Gasteiger partial charge in [0.2, 0.25) is 11.1 Å². The number of anilines is 1. The zero-order valence-corrected chi connectivity index (χ0v) is 18.5. The summed E-state index contributed by atoms with van der Waals surface area (Å²) in [6, 6.07) is 13.3. The van der Waals surface area contributed by atoms with Crippen molar-refractivity contribution in [1.29, 1.82) is 0 Å². The van der Waals surface area contributed by atoms with Gasteiger partial charge in [0.25, 0.3) is 0 Å². The van der Waals surface area contributed by atoms with E-state index in [4.69, 9.17) is 4.74 Å². The van der Waals surface area contributed by atoms with E-state index >= 15 is 0 Å². The molecule has 0 bridgehead atoms. The summed E-state index contributed by atoms with van der Waals surface area (Å²) in [6.45, 7) is 3.88. The maximum atomic E-state index is 13.3. The first-order valence-corrected chi connectivity index (χ1v) is 10.7. The van der Waals surface area contributed by atoms with E-state index in [0.29, 0.717) is 5.16 Å². The molecule has 1 aliphatic rings. The van der Waals surface area contributed by atoms with Gasteiger partial charge in [-0.25, -0.2) is 4.68 Å². The van der Waals surface area contributed by atoms with Crippen LogP contribution in [0.3, 0.4) is 0 Å². The van der Waals surface area contributed by atoms with Gasteiger partial charge in [-0.05, 0) is 65.2 Å². The number of methoxy groups -OCH3 is 1. The number of nitrogens with one attached hydrogen (secondary N) is 2. The number of carbonyl (C=O) groups excluding carboxylic acids is 1. The van der Waals surface area contributed by atoms with E-state index in [-0.39, 0.29) is 11.9 Å². The number of benzene rings is 2. The van der Waals surface area contributed by atoms with Gasteiger partial charge in [-0.15, -0.1) is 10.2 Å². The lowest BCUT2D eigenvalue weighted by molar-refractivity contribution is -0.116. The van der Waals surface area contributed by atoms with Crippen LogP contribution in [-0.2, 0) is 4.79 Å². The second-order valence-electron chi connectivity index (χ2n) is 6.76. The molecule has 9 heteroatoms. The lowest BCUT2D eigenvalue weighted by Crippen LogP contribution is -2.41. The highest BCUT2D eigenvalue weighted by Crippen LogP contribution is 2.38. The number of halogens is 1. The monoisotopic (exact) mass is 473 g/mol. The summed E-state index contributed by atoms with van der Waals surface area (Å²) in [6.07, 6.45) is 0. The van der Waals surface area contributed by atoms with Crippen LogP contribution in [-0.4, -0.2) is 33.1 Å². The number of aromatic nitrogens is 3. The number of amides is 1. The molecule has 0 unspecified atom stereocenters. The van der Waals surface area contributed by atoms with Gasteiger partial charge in [-0.3, -0.25) is 4.79 Å². The molecule has 1 aliphatic heterocycles. The van der Waals surface area contributed by atoms with E-state index in [1.165, 1.54) is 11.8 Å². The summed E-state index contributed by atoms with van der Waals surface area (Å²) >= 11 is 4.92. The van der Waals surface area contributed by atoms with Gasteiger partial charge in [0.1, 0.15) is 16.8 Å². The molecular formula is C20H20BrN5O2S. The first kappa shape index (κ1) is 19.8. The summed E-state index contributed by atoms with van der Waals surface area (Å²) in [5, 5.41) is 11.6. The quantitative estimate of drug-likeness (QED) is 0.594. The number of rotatable bonds is 4. The van der Waals surface area contributed by atoms with Crippen molar-refractivity contribution >= 4 is 39.3 Å². The molecule has 0 spiro atoms. The minimum atomic E-state index is -0.437. The summed E-state index contributed by atoms with van der Waals surface area (Å²) in [7, 11) is 1.63. The predicted octanol–water partition coefficient (Wildman–Crippen LogP) is 4.06. The number of aryl methyl sites for hydroxylation is 2. The summed E-state index contributed by atoms with van der Waals surface area (Å²) < 4.78 is 7.93. The normalized spacial score (nSPS) is 17.9. The Balaban J connectivity index is 1.66. The molecule has 4 rings (SSSR count). The van der Waals surface area contributed by atoms with Crippen LogP contribution in [0.5, 0.6) is 5.75 Å². The van der Waals surface area contributed by atoms with Crippen LogP contribution in [0.4, 0.5) is 5.69 Å². The van der Waals surface area contributed by atoms with Crippen molar-refractivity contribution in [3.8, 4) is 5.75 Å². The highest BCUT2D eigenvalue weighted by Gasteiger charge is 2.37. The van der Waals surface area contributed by atoms with Crippen LogP contribution in [0.15, 0.2) is 52.1 Å². The van der Waals surface area contributed by atoms with Gasteiger partial charge in [0.15, 0.2) is 0 Å². The first-order valence-electron chi connectivity index (χ1n) is 9.02. The average Bonchev–Trinajstić information content (AvgIpc) is 3.09.